The van der Waals surface area contributed by atoms with Crippen molar-refractivity contribution in [1.82, 2.24) is 4.98 Å². The summed E-state index contributed by atoms with van der Waals surface area (Å²) in [5.74, 6) is -1.34. The van der Waals surface area contributed by atoms with E-state index in [2.05, 4.69) is 4.98 Å². The molecule has 1 heterocycles. The highest BCUT2D eigenvalue weighted by Crippen LogP contribution is 2.33. The molecule has 1 aromatic carbocycles. The van der Waals surface area contributed by atoms with E-state index in [1.807, 2.05) is 0 Å². The van der Waals surface area contributed by atoms with E-state index in [9.17, 15) is 19.6 Å². The van der Waals surface area contributed by atoms with Gasteiger partial charge in [-0.25, -0.2) is 9.37 Å². The average molecular weight is 278 g/mol. The summed E-state index contributed by atoms with van der Waals surface area (Å²) >= 11 is 0. The van der Waals surface area contributed by atoms with Crippen molar-refractivity contribution in [2.75, 3.05) is 0 Å². The number of nitrogens with zero attached hydrogens (tertiary/aromatic N) is 2. The molecule has 0 spiro atoms. The number of aliphatic hydroxyl groups is 1. The van der Waals surface area contributed by atoms with Gasteiger partial charge in [0.2, 0.25) is 11.6 Å². The highest BCUT2D eigenvalue weighted by molar-refractivity contribution is 5.48. The minimum absolute atomic E-state index is 0.00241. The summed E-state index contributed by atoms with van der Waals surface area (Å²) in [5.41, 5.74) is 0.0757. The Hall–Kier alpha value is -2.54. The monoisotopic (exact) mass is 278 g/mol. The molecule has 2 aromatic rings. The third kappa shape index (κ3) is 2.89. The summed E-state index contributed by atoms with van der Waals surface area (Å²) in [7, 11) is 0. The summed E-state index contributed by atoms with van der Waals surface area (Å²) in [6.07, 6.45) is 0.659. The molecule has 20 heavy (non-hydrogen) atoms. The predicted octanol–water partition coefficient (Wildman–Crippen LogP) is 2.97. The van der Waals surface area contributed by atoms with Crippen molar-refractivity contribution >= 4 is 5.69 Å². The van der Waals surface area contributed by atoms with E-state index < -0.39 is 28.3 Å². The van der Waals surface area contributed by atoms with Crippen LogP contribution in [0.3, 0.4) is 0 Å². The van der Waals surface area contributed by atoms with Gasteiger partial charge in [-0.1, -0.05) is 6.07 Å². The average Bonchev–Trinajstić information content (AvgIpc) is 2.41. The molecule has 7 heteroatoms. The second kappa shape index (κ2) is 5.62. The Morgan fingerprint density at radius 1 is 1.40 bits per heavy atom. The van der Waals surface area contributed by atoms with Crippen LogP contribution in [0.4, 0.5) is 10.1 Å². The third-order valence-electron chi connectivity index (χ3n) is 2.59. The van der Waals surface area contributed by atoms with Gasteiger partial charge in [0.05, 0.1) is 11.0 Å². The maximum atomic E-state index is 13.6. The van der Waals surface area contributed by atoms with Crippen LogP contribution >= 0.6 is 0 Å². The third-order valence-corrected chi connectivity index (χ3v) is 2.59. The molecule has 0 saturated heterocycles. The fourth-order valence-electron chi connectivity index (χ4n) is 1.55. The SMILES string of the molecule is C[C@@H](O)c1ccc(Oc2c(F)cccc2[N+](=O)[O-])nc1. The molecule has 2 rings (SSSR count). The Bertz CT molecular complexity index is 629. The molecule has 0 unspecified atom stereocenters. The Balaban J connectivity index is 2.32. The Morgan fingerprint density at radius 2 is 2.15 bits per heavy atom. The van der Waals surface area contributed by atoms with Gasteiger partial charge in [0.1, 0.15) is 0 Å². The molecular weight excluding hydrogens is 267 g/mol. The number of nitro groups is 1. The molecule has 0 fully saturated rings. The molecule has 0 aliphatic heterocycles. The van der Waals surface area contributed by atoms with Crippen LogP contribution < -0.4 is 4.74 Å². The summed E-state index contributed by atoms with van der Waals surface area (Å²) in [6.45, 7) is 1.57. The van der Waals surface area contributed by atoms with Crippen LogP contribution in [0.5, 0.6) is 11.6 Å². The number of para-hydroxylation sites is 1. The van der Waals surface area contributed by atoms with Crippen LogP contribution in [0.1, 0.15) is 18.6 Å². The minimum Gasteiger partial charge on any atom is -0.429 e. The number of benzene rings is 1. The van der Waals surface area contributed by atoms with E-state index in [4.69, 9.17) is 4.74 Å². The Kier molecular flexibility index (Phi) is 3.90. The number of ether oxygens (including phenoxy) is 1. The molecule has 0 radical (unpaired) electrons. The number of aliphatic hydroxyl groups excluding tert-OH is 1. The molecule has 0 amide bonds. The van der Waals surface area contributed by atoms with Crippen molar-refractivity contribution in [3.05, 3.63) is 58.0 Å². The number of rotatable bonds is 4. The first kappa shape index (κ1) is 13.9. The quantitative estimate of drug-likeness (QED) is 0.686. The van der Waals surface area contributed by atoms with Crippen molar-refractivity contribution in [1.29, 1.82) is 0 Å². The van der Waals surface area contributed by atoms with Crippen molar-refractivity contribution < 1.29 is 19.2 Å². The van der Waals surface area contributed by atoms with Crippen molar-refractivity contribution in [2.24, 2.45) is 0 Å². The number of nitro benzene ring substituents is 1. The van der Waals surface area contributed by atoms with E-state index >= 15 is 0 Å². The van der Waals surface area contributed by atoms with Gasteiger partial charge in [0, 0.05) is 18.3 Å². The fraction of sp³-hybridized carbons (Fsp3) is 0.154. The zero-order chi connectivity index (χ0) is 14.7. The molecular formula is C13H11FN2O4. The summed E-state index contributed by atoms with van der Waals surface area (Å²) < 4.78 is 18.7. The van der Waals surface area contributed by atoms with E-state index in [1.165, 1.54) is 18.3 Å². The molecule has 1 N–H and O–H groups in total. The molecule has 6 nitrogen and oxygen atoms in total. The van der Waals surface area contributed by atoms with Crippen LogP contribution in [0, 0.1) is 15.9 Å². The van der Waals surface area contributed by atoms with Gasteiger partial charge in [0.25, 0.3) is 0 Å². The van der Waals surface area contributed by atoms with Crippen LogP contribution in [0.25, 0.3) is 0 Å². The number of hydrogen-bond donors (Lipinski definition) is 1. The van der Waals surface area contributed by atoms with Crippen LogP contribution in [0.15, 0.2) is 36.5 Å². The standard InChI is InChI=1S/C13H11FN2O4/c1-8(17)9-5-6-12(15-7-9)20-13-10(14)3-2-4-11(13)16(18)19/h2-8,17H,1H3/t8-/m1/s1. The first-order chi connectivity index (χ1) is 9.49. The lowest BCUT2D eigenvalue weighted by Gasteiger charge is -2.08. The largest absolute Gasteiger partial charge is 0.429 e. The summed E-state index contributed by atoms with van der Waals surface area (Å²) in [5, 5.41) is 20.1. The van der Waals surface area contributed by atoms with Gasteiger partial charge in [0.15, 0.2) is 5.82 Å². The van der Waals surface area contributed by atoms with Gasteiger partial charge in [-0.2, -0.15) is 0 Å². The maximum absolute atomic E-state index is 13.6. The molecule has 0 aliphatic carbocycles. The van der Waals surface area contributed by atoms with Crippen molar-refractivity contribution in [3.8, 4) is 11.6 Å². The second-order valence-corrected chi connectivity index (χ2v) is 4.05. The topological polar surface area (TPSA) is 85.5 Å². The van der Waals surface area contributed by atoms with Crippen LogP contribution in [-0.4, -0.2) is 15.0 Å². The lowest BCUT2D eigenvalue weighted by molar-refractivity contribution is -0.385. The van der Waals surface area contributed by atoms with Gasteiger partial charge in [-0.15, -0.1) is 0 Å². The summed E-state index contributed by atoms with van der Waals surface area (Å²) in [4.78, 5) is 13.9. The molecule has 104 valence electrons. The van der Waals surface area contributed by atoms with Gasteiger partial charge in [-0.3, -0.25) is 10.1 Å². The smallest absolute Gasteiger partial charge is 0.314 e. The first-order valence-corrected chi connectivity index (χ1v) is 5.74. The van der Waals surface area contributed by atoms with Crippen LogP contribution in [0.2, 0.25) is 0 Å². The Labute approximate surface area is 113 Å². The molecule has 0 aliphatic rings. The van der Waals surface area contributed by atoms with E-state index in [0.717, 1.165) is 12.1 Å². The first-order valence-electron chi connectivity index (χ1n) is 5.74. The van der Waals surface area contributed by atoms with E-state index in [0.29, 0.717) is 5.56 Å². The van der Waals surface area contributed by atoms with E-state index in [-0.39, 0.29) is 5.88 Å². The molecule has 1 aromatic heterocycles. The van der Waals surface area contributed by atoms with Crippen molar-refractivity contribution in [3.63, 3.8) is 0 Å². The van der Waals surface area contributed by atoms with E-state index in [1.54, 1.807) is 13.0 Å². The fourth-order valence-corrected chi connectivity index (χ4v) is 1.55. The summed E-state index contributed by atoms with van der Waals surface area (Å²) in [6, 6.07) is 6.37. The number of aromatic nitrogens is 1. The highest BCUT2D eigenvalue weighted by atomic mass is 19.1. The predicted molar refractivity (Wildman–Crippen MR) is 68.0 cm³/mol. The minimum atomic E-state index is -0.847. The maximum Gasteiger partial charge on any atom is 0.314 e. The number of hydrogen-bond acceptors (Lipinski definition) is 5. The number of halogens is 1. The van der Waals surface area contributed by atoms with Gasteiger partial charge >= 0.3 is 5.69 Å². The lowest BCUT2D eigenvalue weighted by Crippen LogP contribution is -1.98. The van der Waals surface area contributed by atoms with Gasteiger partial charge in [-0.05, 0) is 24.6 Å². The zero-order valence-corrected chi connectivity index (χ0v) is 10.5. The normalized spacial score (nSPS) is 11.9. The van der Waals surface area contributed by atoms with Crippen molar-refractivity contribution in [2.45, 2.75) is 13.0 Å². The van der Waals surface area contributed by atoms with Gasteiger partial charge < -0.3 is 9.84 Å². The highest BCUT2D eigenvalue weighted by Gasteiger charge is 2.20. The number of pyridine rings is 1. The molecule has 1 atom stereocenters. The molecule has 0 bridgehead atoms. The Morgan fingerprint density at radius 3 is 2.70 bits per heavy atom. The molecule has 0 saturated carbocycles. The zero-order valence-electron chi connectivity index (χ0n) is 10.5. The van der Waals surface area contributed by atoms with Crippen LogP contribution in [-0.2, 0) is 0 Å². The lowest BCUT2D eigenvalue weighted by atomic mass is 10.2. The second-order valence-electron chi connectivity index (χ2n) is 4.05.